The van der Waals surface area contributed by atoms with Gasteiger partial charge in [-0.05, 0) is 0 Å². The molecule has 0 bridgehead atoms. The molecular formula is C7H17Sb. The Morgan fingerprint density at radius 1 is 0.875 bits per heavy atom. The maximum absolute atomic E-state index is 2.58. The fourth-order valence-electron chi connectivity index (χ4n) is 1.51. The predicted molar refractivity (Wildman–Crippen MR) is 42.2 cm³/mol. The van der Waals surface area contributed by atoms with E-state index in [9.17, 15) is 0 Å². The van der Waals surface area contributed by atoms with Gasteiger partial charge >= 0.3 is 53.6 Å². The van der Waals surface area contributed by atoms with Crippen LogP contribution in [0.15, 0.2) is 0 Å². The van der Waals surface area contributed by atoms with Crippen LogP contribution < -0.4 is 0 Å². The summed E-state index contributed by atoms with van der Waals surface area (Å²) in [6, 6.07) is 0. The van der Waals surface area contributed by atoms with Crippen molar-refractivity contribution in [3.8, 4) is 0 Å². The average molecular weight is 223 g/mol. The van der Waals surface area contributed by atoms with Gasteiger partial charge in [-0.3, -0.25) is 0 Å². The van der Waals surface area contributed by atoms with Crippen molar-refractivity contribution < 1.29 is 0 Å². The third kappa shape index (κ3) is 1.65. The van der Waals surface area contributed by atoms with E-state index in [-0.39, 0.29) is 0 Å². The van der Waals surface area contributed by atoms with Crippen LogP contribution in [0, 0.1) is 0 Å². The molecule has 1 rings (SSSR count). The molecule has 1 heterocycles. The van der Waals surface area contributed by atoms with Gasteiger partial charge in [-0.2, -0.15) is 0 Å². The normalized spacial score (nSPS) is 38.1. The third-order valence-corrected chi connectivity index (χ3v) is 13.5. The molecule has 1 saturated heterocycles. The predicted octanol–water partition coefficient (Wildman–Crippen LogP) is 3.07. The van der Waals surface area contributed by atoms with E-state index in [1.54, 1.807) is 8.73 Å². The summed E-state index contributed by atoms with van der Waals surface area (Å²) in [5, 5.41) is 0. The van der Waals surface area contributed by atoms with Crippen LogP contribution in [-0.4, -0.2) is 17.4 Å². The van der Waals surface area contributed by atoms with Crippen molar-refractivity contribution in [2.24, 2.45) is 0 Å². The topological polar surface area (TPSA) is 0 Å². The number of hydrogen-bond donors (Lipinski definition) is 0. The Bertz CT molecular complexity index is 86.7. The first kappa shape index (κ1) is 6.93. The minimum atomic E-state index is -1.69. The summed E-state index contributed by atoms with van der Waals surface area (Å²) in [4.78, 5) is 7.75. The Hall–Kier alpha value is 0.818. The van der Waals surface area contributed by atoms with E-state index in [1.165, 1.54) is 12.8 Å². The van der Waals surface area contributed by atoms with Gasteiger partial charge in [0.05, 0.1) is 0 Å². The van der Waals surface area contributed by atoms with Crippen LogP contribution in [0.1, 0.15) is 12.8 Å². The molecule has 50 valence electrons. The van der Waals surface area contributed by atoms with E-state index in [4.69, 9.17) is 0 Å². The molecular weight excluding hydrogens is 206 g/mol. The summed E-state index contributed by atoms with van der Waals surface area (Å²) < 4.78 is 3.24. The van der Waals surface area contributed by atoms with Gasteiger partial charge in [0, 0.05) is 0 Å². The molecule has 1 heteroatoms. The molecule has 0 aromatic rings. The van der Waals surface area contributed by atoms with Crippen molar-refractivity contribution in [1.82, 2.24) is 0 Å². The van der Waals surface area contributed by atoms with Gasteiger partial charge in [-0.15, -0.1) is 0 Å². The molecule has 0 N–H and O–H groups in total. The molecule has 0 radical (unpaired) electrons. The van der Waals surface area contributed by atoms with Crippen molar-refractivity contribution in [3.05, 3.63) is 0 Å². The monoisotopic (exact) mass is 222 g/mol. The van der Waals surface area contributed by atoms with Gasteiger partial charge < -0.3 is 0 Å². The fraction of sp³-hybridized carbons (Fsp3) is 1.00. The molecule has 1 fully saturated rings. The van der Waals surface area contributed by atoms with E-state index < -0.39 is 17.4 Å². The van der Waals surface area contributed by atoms with Crippen LogP contribution in [0.4, 0.5) is 0 Å². The fourth-order valence-corrected chi connectivity index (χ4v) is 10.1. The zero-order valence-electron chi connectivity index (χ0n) is 6.28. The molecule has 0 aliphatic carbocycles. The molecule has 0 spiro atoms. The number of hydrogen-bond acceptors (Lipinski definition) is 0. The summed E-state index contributed by atoms with van der Waals surface area (Å²) in [6.07, 6.45) is 3.07. The Labute approximate surface area is 53.7 Å². The van der Waals surface area contributed by atoms with Crippen LogP contribution in [0.2, 0.25) is 23.3 Å². The van der Waals surface area contributed by atoms with Crippen molar-refractivity contribution in [2.45, 2.75) is 36.2 Å². The first-order chi connectivity index (χ1) is 3.47. The van der Waals surface area contributed by atoms with Crippen LogP contribution in [-0.2, 0) is 0 Å². The Morgan fingerprint density at radius 3 is 1.38 bits per heavy atom. The van der Waals surface area contributed by atoms with E-state index in [0.29, 0.717) is 0 Å². The maximum atomic E-state index is 2.58. The SMILES string of the molecule is [CH3][Sb]1([CH3])([CH3])[CH2]CC[CH2]1. The van der Waals surface area contributed by atoms with Gasteiger partial charge in [0.1, 0.15) is 0 Å². The molecule has 1 aliphatic rings. The quantitative estimate of drug-likeness (QED) is 0.553. The minimum absolute atomic E-state index is 1.53. The first-order valence-corrected chi connectivity index (χ1v) is 14.7. The van der Waals surface area contributed by atoms with Gasteiger partial charge in [0.25, 0.3) is 0 Å². The second kappa shape index (κ2) is 1.66. The van der Waals surface area contributed by atoms with Gasteiger partial charge in [-0.25, -0.2) is 0 Å². The Kier molecular flexibility index (Phi) is 1.43. The van der Waals surface area contributed by atoms with Crippen LogP contribution in [0.3, 0.4) is 0 Å². The van der Waals surface area contributed by atoms with Gasteiger partial charge in [-0.1, -0.05) is 0 Å². The summed E-state index contributed by atoms with van der Waals surface area (Å²) in [5.74, 6) is 0. The van der Waals surface area contributed by atoms with Gasteiger partial charge in [0.15, 0.2) is 0 Å². The molecule has 0 amide bonds. The summed E-state index contributed by atoms with van der Waals surface area (Å²) in [5.41, 5.74) is 0. The Morgan fingerprint density at radius 2 is 1.25 bits per heavy atom. The van der Waals surface area contributed by atoms with Gasteiger partial charge in [0.2, 0.25) is 0 Å². The zero-order chi connectivity index (χ0) is 6.28. The molecule has 1 aliphatic heterocycles. The summed E-state index contributed by atoms with van der Waals surface area (Å²) in [6.45, 7) is 0. The second-order valence-corrected chi connectivity index (χ2v) is 26.9. The van der Waals surface area contributed by atoms with E-state index in [2.05, 4.69) is 14.6 Å². The van der Waals surface area contributed by atoms with Crippen molar-refractivity contribution in [1.29, 1.82) is 0 Å². The first-order valence-electron chi connectivity index (χ1n) is 3.47. The standard InChI is InChI=1S/C4H8.3CH3.Sb/c1-3-4-2;;;;/h1-4H2;3*1H3;. The van der Waals surface area contributed by atoms with Crippen molar-refractivity contribution >= 4 is 17.4 Å². The van der Waals surface area contributed by atoms with E-state index >= 15 is 0 Å². The van der Waals surface area contributed by atoms with Crippen molar-refractivity contribution in [2.75, 3.05) is 0 Å². The second-order valence-electron chi connectivity index (χ2n) is 4.62. The molecule has 8 heavy (non-hydrogen) atoms. The van der Waals surface area contributed by atoms with E-state index in [0.717, 1.165) is 0 Å². The van der Waals surface area contributed by atoms with Crippen LogP contribution >= 0.6 is 0 Å². The molecule has 0 aromatic heterocycles. The molecule has 0 saturated carbocycles. The van der Waals surface area contributed by atoms with Crippen molar-refractivity contribution in [3.63, 3.8) is 0 Å². The zero-order valence-corrected chi connectivity index (χ0v) is 8.83. The van der Waals surface area contributed by atoms with Crippen LogP contribution in [0.5, 0.6) is 0 Å². The van der Waals surface area contributed by atoms with E-state index in [1.807, 2.05) is 0 Å². The molecule has 0 unspecified atom stereocenters. The summed E-state index contributed by atoms with van der Waals surface area (Å²) >= 11 is -1.69. The molecule has 0 nitrogen and oxygen atoms in total. The summed E-state index contributed by atoms with van der Waals surface area (Å²) in [7, 11) is 0. The molecule has 0 aromatic carbocycles. The number of rotatable bonds is 0. The third-order valence-electron chi connectivity index (χ3n) is 2.22. The average Bonchev–Trinajstić information content (AvgIpc) is 1.81. The molecule has 0 atom stereocenters. The Balaban J connectivity index is 2.67. The van der Waals surface area contributed by atoms with Crippen LogP contribution in [0.25, 0.3) is 0 Å².